The molecule has 0 unspecified atom stereocenters. The van der Waals surface area contributed by atoms with Crippen LogP contribution in [0.5, 0.6) is 0 Å². The fourth-order valence-corrected chi connectivity index (χ4v) is 8.48. The molecule has 0 aliphatic carbocycles. The highest BCUT2D eigenvalue weighted by molar-refractivity contribution is 5.97. The summed E-state index contributed by atoms with van der Waals surface area (Å²) in [6.45, 7) is 0. The highest BCUT2D eigenvalue weighted by atomic mass is 15.0. The van der Waals surface area contributed by atoms with Crippen molar-refractivity contribution in [1.82, 2.24) is 24.9 Å². The Bertz CT molecular complexity index is 3330. The molecule has 11 rings (SSSR count). The van der Waals surface area contributed by atoms with E-state index >= 15 is 0 Å². The summed E-state index contributed by atoms with van der Waals surface area (Å²) >= 11 is 0. The standard InChI is InChI=1S/C59H39N5/c1-3-10-40(11-4-1)41-18-20-42(21-19-41)50-36-51(43-22-24-46(25-23-43)54-17-9-15-44-14-7-8-16-53(44)54)38-52(37-50)55-27-26-49(39-56(55)45-12-5-2-6-13-45)59-63-57(47-28-32-60-33-29-47)62-58(64-59)48-30-34-61-35-31-48/h1-39H. The topological polar surface area (TPSA) is 64.5 Å². The summed E-state index contributed by atoms with van der Waals surface area (Å²) in [5.74, 6) is 1.73. The Hall–Kier alpha value is -8.67. The molecule has 0 N–H and O–H groups in total. The maximum Gasteiger partial charge on any atom is 0.164 e. The average molecular weight is 818 g/mol. The van der Waals surface area contributed by atoms with Gasteiger partial charge in [0.1, 0.15) is 0 Å². The number of hydrogen-bond acceptors (Lipinski definition) is 5. The number of nitrogens with zero attached hydrogens (tertiary/aromatic N) is 5. The third-order valence-corrected chi connectivity index (χ3v) is 11.8. The fraction of sp³-hybridized carbons (Fsp3) is 0. The monoisotopic (exact) mass is 817 g/mol. The molecular formula is C59H39N5. The van der Waals surface area contributed by atoms with Crippen molar-refractivity contribution in [2.24, 2.45) is 0 Å². The second-order valence-corrected chi connectivity index (χ2v) is 15.8. The summed E-state index contributed by atoms with van der Waals surface area (Å²) < 4.78 is 0. The Morgan fingerprint density at radius 1 is 0.219 bits per heavy atom. The van der Waals surface area contributed by atoms with Crippen molar-refractivity contribution in [3.63, 3.8) is 0 Å². The molecule has 8 aromatic carbocycles. The smallest absolute Gasteiger partial charge is 0.164 e. The minimum atomic E-state index is 0.576. The lowest BCUT2D eigenvalue weighted by Crippen LogP contribution is -2.00. The van der Waals surface area contributed by atoms with Crippen molar-refractivity contribution in [3.05, 3.63) is 237 Å². The van der Waals surface area contributed by atoms with Crippen LogP contribution in [0.1, 0.15) is 0 Å². The molecule has 5 nitrogen and oxygen atoms in total. The van der Waals surface area contributed by atoms with Gasteiger partial charge < -0.3 is 0 Å². The number of fused-ring (bicyclic) bond motifs is 1. The maximum absolute atomic E-state index is 5.05. The van der Waals surface area contributed by atoms with Crippen molar-refractivity contribution in [1.29, 1.82) is 0 Å². The van der Waals surface area contributed by atoms with E-state index in [1.54, 1.807) is 24.8 Å². The highest BCUT2D eigenvalue weighted by Gasteiger charge is 2.17. The van der Waals surface area contributed by atoms with E-state index in [4.69, 9.17) is 15.0 Å². The zero-order valence-corrected chi connectivity index (χ0v) is 34.8. The molecular weight excluding hydrogens is 779 g/mol. The first-order chi connectivity index (χ1) is 31.7. The van der Waals surface area contributed by atoms with Gasteiger partial charge in [-0.3, -0.25) is 9.97 Å². The second kappa shape index (κ2) is 17.0. The van der Waals surface area contributed by atoms with Crippen LogP contribution in [0.3, 0.4) is 0 Å². The summed E-state index contributed by atoms with van der Waals surface area (Å²) in [4.78, 5) is 23.5. The molecule has 64 heavy (non-hydrogen) atoms. The van der Waals surface area contributed by atoms with E-state index in [9.17, 15) is 0 Å². The van der Waals surface area contributed by atoms with Crippen LogP contribution in [0, 0.1) is 0 Å². The van der Waals surface area contributed by atoms with Crippen LogP contribution in [-0.2, 0) is 0 Å². The molecule has 0 saturated heterocycles. The lowest BCUT2D eigenvalue weighted by Gasteiger charge is -2.17. The molecule has 0 aliphatic heterocycles. The first-order valence-corrected chi connectivity index (χ1v) is 21.4. The van der Waals surface area contributed by atoms with E-state index in [1.807, 2.05) is 24.3 Å². The molecule has 0 fully saturated rings. The molecule has 0 aliphatic rings. The Morgan fingerprint density at radius 3 is 1.23 bits per heavy atom. The molecule has 0 atom stereocenters. The zero-order chi connectivity index (χ0) is 42.7. The first-order valence-electron chi connectivity index (χ1n) is 21.4. The van der Waals surface area contributed by atoms with Crippen LogP contribution < -0.4 is 0 Å². The first kappa shape index (κ1) is 38.3. The molecule has 11 aromatic rings. The molecule has 3 aromatic heterocycles. The minimum absolute atomic E-state index is 0.576. The molecule has 0 spiro atoms. The summed E-state index contributed by atoms with van der Waals surface area (Å²) in [5, 5.41) is 2.48. The third-order valence-electron chi connectivity index (χ3n) is 11.8. The van der Waals surface area contributed by atoms with E-state index in [1.165, 1.54) is 33.0 Å². The van der Waals surface area contributed by atoms with Crippen molar-refractivity contribution >= 4 is 10.8 Å². The van der Waals surface area contributed by atoms with Crippen LogP contribution >= 0.6 is 0 Å². The normalized spacial score (nSPS) is 11.1. The molecule has 300 valence electrons. The maximum atomic E-state index is 5.05. The van der Waals surface area contributed by atoms with Crippen LogP contribution in [0.4, 0.5) is 0 Å². The van der Waals surface area contributed by atoms with E-state index in [0.29, 0.717) is 17.5 Å². The summed E-state index contributed by atoms with van der Waals surface area (Å²) in [6, 6.07) is 75.3. The molecule has 5 heteroatoms. The number of rotatable bonds is 9. The van der Waals surface area contributed by atoms with Gasteiger partial charge in [-0.1, -0.05) is 164 Å². The predicted molar refractivity (Wildman–Crippen MR) is 262 cm³/mol. The highest BCUT2D eigenvalue weighted by Crippen LogP contribution is 2.41. The summed E-state index contributed by atoms with van der Waals surface area (Å²) in [6.07, 6.45) is 7.03. The summed E-state index contributed by atoms with van der Waals surface area (Å²) in [7, 11) is 0. The fourth-order valence-electron chi connectivity index (χ4n) is 8.48. The number of pyridine rings is 2. The number of hydrogen-bond donors (Lipinski definition) is 0. The lowest BCUT2D eigenvalue weighted by atomic mass is 9.88. The van der Waals surface area contributed by atoms with Gasteiger partial charge in [-0.25, -0.2) is 15.0 Å². The van der Waals surface area contributed by atoms with Crippen molar-refractivity contribution in [2.75, 3.05) is 0 Å². The SMILES string of the molecule is c1ccc(-c2ccc(-c3cc(-c4ccc(-c5cccc6ccccc56)cc4)cc(-c4ccc(-c5nc(-c6ccncc6)nc(-c6ccncc6)n5)cc4-c4ccccc4)c3)cc2)cc1. The van der Waals surface area contributed by atoms with E-state index < -0.39 is 0 Å². The van der Waals surface area contributed by atoms with Gasteiger partial charge >= 0.3 is 0 Å². The molecule has 3 heterocycles. The number of benzene rings is 8. The van der Waals surface area contributed by atoms with Gasteiger partial charge in [-0.15, -0.1) is 0 Å². The van der Waals surface area contributed by atoms with Gasteiger partial charge in [0, 0.05) is 41.5 Å². The van der Waals surface area contributed by atoms with E-state index in [-0.39, 0.29) is 0 Å². The van der Waals surface area contributed by atoms with Crippen LogP contribution in [-0.4, -0.2) is 24.9 Å². The third kappa shape index (κ3) is 7.74. The van der Waals surface area contributed by atoms with Crippen LogP contribution in [0.25, 0.3) is 112 Å². The van der Waals surface area contributed by atoms with E-state index in [0.717, 1.165) is 61.2 Å². The molecule has 0 saturated carbocycles. The summed E-state index contributed by atoms with van der Waals surface area (Å²) in [5.41, 5.74) is 16.3. The van der Waals surface area contributed by atoms with Crippen molar-refractivity contribution in [3.8, 4) is 101 Å². The average Bonchev–Trinajstić information content (AvgIpc) is 3.39. The Kier molecular flexibility index (Phi) is 10.2. The van der Waals surface area contributed by atoms with Gasteiger partial charge in [0.25, 0.3) is 0 Å². The number of aromatic nitrogens is 5. The largest absolute Gasteiger partial charge is 0.265 e. The molecule has 0 amide bonds. The van der Waals surface area contributed by atoms with Gasteiger partial charge in [0.2, 0.25) is 0 Å². The van der Waals surface area contributed by atoms with Crippen molar-refractivity contribution in [2.45, 2.75) is 0 Å². The molecule has 0 bridgehead atoms. The van der Waals surface area contributed by atoms with Crippen LogP contribution in [0.2, 0.25) is 0 Å². The van der Waals surface area contributed by atoms with Gasteiger partial charge in [-0.2, -0.15) is 0 Å². The predicted octanol–water partition coefficient (Wildman–Crippen LogP) is 14.8. The van der Waals surface area contributed by atoms with Gasteiger partial charge in [0.05, 0.1) is 0 Å². The Labute approximate surface area is 372 Å². The Morgan fingerprint density at radius 2 is 0.641 bits per heavy atom. The quantitative estimate of drug-likeness (QED) is 0.145. The second-order valence-electron chi connectivity index (χ2n) is 15.8. The minimum Gasteiger partial charge on any atom is -0.265 e. The van der Waals surface area contributed by atoms with Gasteiger partial charge in [0.15, 0.2) is 17.5 Å². The van der Waals surface area contributed by atoms with E-state index in [2.05, 4.69) is 198 Å². The zero-order valence-electron chi connectivity index (χ0n) is 34.8. The Balaban J connectivity index is 1.06. The van der Waals surface area contributed by atoms with Gasteiger partial charge in [-0.05, 0) is 126 Å². The van der Waals surface area contributed by atoms with Crippen molar-refractivity contribution < 1.29 is 0 Å². The molecule has 0 radical (unpaired) electrons. The lowest BCUT2D eigenvalue weighted by molar-refractivity contribution is 1.07. The van der Waals surface area contributed by atoms with Crippen LogP contribution in [0.15, 0.2) is 237 Å².